The average molecular weight is 366 g/mol. The molecule has 2 fully saturated rings. The molecule has 0 atom stereocenters. The van der Waals surface area contributed by atoms with Gasteiger partial charge in [-0.15, -0.1) is 0 Å². The summed E-state index contributed by atoms with van der Waals surface area (Å²) in [6.45, 7) is 4.81. The van der Waals surface area contributed by atoms with Gasteiger partial charge in [-0.3, -0.25) is 9.69 Å². The van der Waals surface area contributed by atoms with E-state index in [2.05, 4.69) is 28.9 Å². The Morgan fingerprint density at radius 3 is 2.63 bits per heavy atom. The number of benzene rings is 1. The Morgan fingerprint density at radius 2 is 1.96 bits per heavy atom. The second-order valence-electron chi connectivity index (χ2n) is 8.08. The van der Waals surface area contributed by atoms with Crippen molar-refractivity contribution in [1.82, 2.24) is 9.88 Å². The third-order valence-corrected chi connectivity index (χ3v) is 6.58. The maximum atomic E-state index is 11.3. The van der Waals surface area contributed by atoms with E-state index in [1.165, 1.54) is 19.3 Å². The van der Waals surface area contributed by atoms with Gasteiger partial charge >= 0.3 is 0 Å². The van der Waals surface area contributed by atoms with Crippen LogP contribution in [0.15, 0.2) is 35.3 Å². The van der Waals surface area contributed by atoms with Gasteiger partial charge in [-0.05, 0) is 48.6 Å². The van der Waals surface area contributed by atoms with Crippen LogP contribution in [0.4, 0.5) is 0 Å². The number of piperidine rings is 1. The van der Waals surface area contributed by atoms with Crippen molar-refractivity contribution in [2.75, 3.05) is 13.1 Å². The van der Waals surface area contributed by atoms with Gasteiger partial charge in [0.2, 0.25) is 11.3 Å². The van der Waals surface area contributed by atoms with Crippen LogP contribution < -0.4 is 10.3 Å². The largest absolute Gasteiger partial charge is 0.462 e. The SMILES string of the molecule is Cc1c(-c2ccc(=O)[nH]c2)ccc2c1COC1(CCN(C3CCC3)CC1)O2. The molecule has 1 aromatic carbocycles. The minimum atomic E-state index is -0.459. The van der Waals surface area contributed by atoms with E-state index in [-0.39, 0.29) is 5.56 Å². The molecule has 0 bridgehead atoms. The molecule has 5 rings (SSSR count). The smallest absolute Gasteiger partial charge is 0.247 e. The average Bonchev–Trinajstić information content (AvgIpc) is 2.64. The summed E-state index contributed by atoms with van der Waals surface area (Å²) in [6.07, 6.45) is 7.71. The zero-order valence-corrected chi connectivity index (χ0v) is 15.8. The normalized spacial score (nSPS) is 22.1. The van der Waals surface area contributed by atoms with E-state index in [1.54, 1.807) is 12.3 Å². The van der Waals surface area contributed by atoms with Crippen molar-refractivity contribution in [3.05, 3.63) is 51.9 Å². The predicted octanol–water partition coefficient (Wildman–Crippen LogP) is 3.60. The molecule has 1 aliphatic carbocycles. The number of likely N-dealkylation sites (tertiary alicyclic amines) is 1. The molecule has 0 radical (unpaired) electrons. The number of hydrogen-bond donors (Lipinski definition) is 1. The Hall–Kier alpha value is -2.11. The number of fused-ring (bicyclic) bond motifs is 1. The third-order valence-electron chi connectivity index (χ3n) is 6.58. The number of H-pyrrole nitrogens is 1. The van der Waals surface area contributed by atoms with Crippen molar-refractivity contribution in [1.29, 1.82) is 0 Å². The Kier molecular flexibility index (Phi) is 4.10. The highest BCUT2D eigenvalue weighted by atomic mass is 16.7. The van der Waals surface area contributed by atoms with E-state index in [1.807, 2.05) is 6.07 Å². The van der Waals surface area contributed by atoms with Gasteiger partial charge in [-0.25, -0.2) is 0 Å². The topological polar surface area (TPSA) is 54.6 Å². The molecular weight excluding hydrogens is 340 g/mol. The molecule has 5 heteroatoms. The van der Waals surface area contributed by atoms with Crippen LogP contribution >= 0.6 is 0 Å². The van der Waals surface area contributed by atoms with Crippen molar-refractivity contribution in [3.8, 4) is 16.9 Å². The number of pyridine rings is 1. The first-order valence-electron chi connectivity index (χ1n) is 10.0. The number of nitrogens with one attached hydrogen (secondary N) is 1. The highest BCUT2D eigenvalue weighted by molar-refractivity contribution is 5.69. The van der Waals surface area contributed by atoms with Crippen molar-refractivity contribution >= 4 is 0 Å². The summed E-state index contributed by atoms with van der Waals surface area (Å²) in [5.74, 6) is 0.489. The van der Waals surface area contributed by atoms with Crippen molar-refractivity contribution in [3.63, 3.8) is 0 Å². The van der Waals surface area contributed by atoms with Gasteiger partial charge in [-0.1, -0.05) is 12.5 Å². The minimum absolute atomic E-state index is 0.0868. The number of ether oxygens (including phenoxy) is 2. The zero-order chi connectivity index (χ0) is 18.4. The van der Waals surface area contributed by atoms with Crippen LogP contribution in [-0.4, -0.2) is 34.8 Å². The fourth-order valence-electron chi connectivity index (χ4n) is 4.56. The van der Waals surface area contributed by atoms with Gasteiger partial charge in [0.05, 0.1) is 6.61 Å². The zero-order valence-electron chi connectivity index (χ0n) is 15.8. The molecule has 3 aliphatic rings. The molecule has 0 unspecified atom stereocenters. The Labute approximate surface area is 159 Å². The summed E-state index contributed by atoms with van der Waals surface area (Å²) in [7, 11) is 0. The fourth-order valence-corrected chi connectivity index (χ4v) is 4.56. The van der Waals surface area contributed by atoms with Gasteiger partial charge in [0.15, 0.2) is 0 Å². The Balaban J connectivity index is 1.37. The van der Waals surface area contributed by atoms with E-state index in [9.17, 15) is 4.79 Å². The number of aromatic amines is 1. The first-order chi connectivity index (χ1) is 13.1. The van der Waals surface area contributed by atoms with Crippen molar-refractivity contribution in [2.45, 2.75) is 57.5 Å². The highest BCUT2D eigenvalue weighted by Gasteiger charge is 2.43. The van der Waals surface area contributed by atoms with Gasteiger partial charge in [0.1, 0.15) is 5.75 Å². The summed E-state index contributed by atoms with van der Waals surface area (Å²) in [6, 6.07) is 8.36. The Morgan fingerprint density at radius 1 is 1.15 bits per heavy atom. The van der Waals surface area contributed by atoms with Gasteiger partial charge in [0, 0.05) is 49.8 Å². The predicted molar refractivity (Wildman–Crippen MR) is 104 cm³/mol. The molecule has 1 aromatic heterocycles. The molecule has 1 saturated heterocycles. The number of rotatable bonds is 2. The summed E-state index contributed by atoms with van der Waals surface area (Å²) in [5, 5.41) is 0. The van der Waals surface area contributed by atoms with E-state index in [0.29, 0.717) is 6.61 Å². The van der Waals surface area contributed by atoms with Crippen LogP contribution in [0.2, 0.25) is 0 Å². The molecule has 5 nitrogen and oxygen atoms in total. The lowest BCUT2D eigenvalue weighted by atomic mass is 9.88. The maximum Gasteiger partial charge on any atom is 0.247 e. The molecule has 2 aliphatic heterocycles. The van der Waals surface area contributed by atoms with Crippen molar-refractivity contribution in [2.24, 2.45) is 0 Å². The maximum absolute atomic E-state index is 11.3. The van der Waals surface area contributed by atoms with Crippen LogP contribution in [0.1, 0.15) is 43.2 Å². The Bertz CT molecular complexity index is 888. The van der Waals surface area contributed by atoms with Gasteiger partial charge < -0.3 is 14.5 Å². The first-order valence-corrected chi connectivity index (χ1v) is 10.0. The van der Waals surface area contributed by atoms with E-state index in [4.69, 9.17) is 9.47 Å². The second-order valence-corrected chi connectivity index (χ2v) is 8.08. The summed E-state index contributed by atoms with van der Waals surface area (Å²) >= 11 is 0. The number of hydrogen-bond acceptors (Lipinski definition) is 4. The summed E-state index contributed by atoms with van der Waals surface area (Å²) < 4.78 is 12.7. The summed E-state index contributed by atoms with van der Waals surface area (Å²) in [5.41, 5.74) is 4.29. The lowest BCUT2D eigenvalue weighted by Crippen LogP contribution is -2.54. The minimum Gasteiger partial charge on any atom is -0.462 e. The molecule has 1 N–H and O–H groups in total. The number of aromatic nitrogens is 1. The van der Waals surface area contributed by atoms with Crippen LogP contribution in [-0.2, 0) is 11.3 Å². The van der Waals surface area contributed by atoms with E-state index < -0.39 is 5.79 Å². The van der Waals surface area contributed by atoms with E-state index >= 15 is 0 Å². The molecule has 1 saturated carbocycles. The molecule has 142 valence electrons. The lowest BCUT2D eigenvalue weighted by Gasteiger charge is -2.47. The molecule has 2 aromatic rings. The second kappa shape index (κ2) is 6.50. The number of nitrogens with zero attached hydrogens (tertiary/aromatic N) is 1. The molecule has 0 amide bonds. The van der Waals surface area contributed by atoms with Gasteiger partial charge in [0.25, 0.3) is 0 Å². The van der Waals surface area contributed by atoms with Gasteiger partial charge in [-0.2, -0.15) is 0 Å². The molecule has 27 heavy (non-hydrogen) atoms. The first kappa shape index (κ1) is 17.0. The van der Waals surface area contributed by atoms with E-state index in [0.717, 1.165) is 60.0 Å². The van der Waals surface area contributed by atoms with Crippen molar-refractivity contribution < 1.29 is 9.47 Å². The monoisotopic (exact) mass is 366 g/mol. The van der Waals surface area contributed by atoms with Crippen LogP contribution in [0.3, 0.4) is 0 Å². The third kappa shape index (κ3) is 2.99. The standard InChI is InChI=1S/C22H26N2O3/c1-15-18(16-5-8-21(25)23-13-16)6-7-20-19(15)14-26-22(27-20)9-11-24(12-10-22)17-3-2-4-17/h5-8,13,17H,2-4,9-12,14H2,1H3,(H,23,25). The molecule has 3 heterocycles. The molecular formula is C22H26N2O3. The van der Waals surface area contributed by atoms with Crippen LogP contribution in [0.5, 0.6) is 5.75 Å². The van der Waals surface area contributed by atoms with Crippen LogP contribution in [0, 0.1) is 6.92 Å². The molecule has 1 spiro atoms. The highest BCUT2D eigenvalue weighted by Crippen LogP contribution is 2.42. The van der Waals surface area contributed by atoms with Crippen LogP contribution in [0.25, 0.3) is 11.1 Å². The lowest BCUT2D eigenvalue weighted by molar-refractivity contribution is -0.231. The quantitative estimate of drug-likeness (QED) is 0.882. The summed E-state index contributed by atoms with van der Waals surface area (Å²) in [4.78, 5) is 16.7. The fraction of sp³-hybridized carbons (Fsp3) is 0.500.